The molecule has 33 heavy (non-hydrogen) atoms. The van der Waals surface area contributed by atoms with Crippen molar-refractivity contribution in [3.05, 3.63) is 49.2 Å². The molecule has 1 saturated heterocycles. The molecule has 0 bridgehead atoms. The van der Waals surface area contributed by atoms with Crippen LogP contribution in [0.3, 0.4) is 0 Å². The number of morpholine rings is 1. The van der Waals surface area contributed by atoms with Crippen LogP contribution >= 0.6 is 0 Å². The van der Waals surface area contributed by atoms with Crippen LogP contribution in [0.5, 0.6) is 23.1 Å². The zero-order valence-corrected chi connectivity index (χ0v) is 18.4. The predicted molar refractivity (Wildman–Crippen MR) is 123 cm³/mol. The smallest absolute Gasteiger partial charge is 0.230 e. The first-order chi connectivity index (χ1) is 16.3. The van der Waals surface area contributed by atoms with E-state index in [1.54, 1.807) is 13.3 Å². The highest BCUT2D eigenvalue weighted by Crippen LogP contribution is 2.36. The van der Waals surface area contributed by atoms with Crippen molar-refractivity contribution < 1.29 is 18.9 Å². The van der Waals surface area contributed by atoms with E-state index in [1.165, 1.54) is 12.7 Å². The van der Waals surface area contributed by atoms with Crippen LogP contribution in [-0.2, 0) is 4.74 Å². The second kappa shape index (κ2) is 9.93. The molecule has 2 aromatic carbocycles. The first kappa shape index (κ1) is 21.3. The van der Waals surface area contributed by atoms with Crippen molar-refractivity contribution in [2.24, 2.45) is 0 Å². The summed E-state index contributed by atoms with van der Waals surface area (Å²) < 4.78 is 23.1. The predicted octanol–water partition coefficient (Wildman–Crippen LogP) is 3.48. The Morgan fingerprint density at radius 1 is 0.970 bits per heavy atom. The summed E-state index contributed by atoms with van der Waals surface area (Å²) >= 11 is 0. The molecular formula is C24H25N5O4. The van der Waals surface area contributed by atoms with Gasteiger partial charge in [-0.15, -0.1) is 0 Å². The number of fused-ring (bicyclic) bond motifs is 2. The highest BCUT2D eigenvalue weighted by Gasteiger charge is 2.14. The van der Waals surface area contributed by atoms with E-state index in [4.69, 9.17) is 18.9 Å². The Morgan fingerprint density at radius 2 is 1.85 bits per heavy atom. The van der Waals surface area contributed by atoms with Crippen LogP contribution in [-0.4, -0.2) is 71.4 Å². The number of hydrogen-bond donors (Lipinski definition) is 0. The third-order valence-electron chi connectivity index (χ3n) is 5.56. The van der Waals surface area contributed by atoms with Gasteiger partial charge in [-0.05, 0) is 24.6 Å². The van der Waals surface area contributed by atoms with Gasteiger partial charge in [-0.3, -0.25) is 4.90 Å². The molecule has 0 N–H and O–H groups in total. The number of aromatic nitrogens is 4. The van der Waals surface area contributed by atoms with Crippen molar-refractivity contribution >= 4 is 21.8 Å². The quantitative estimate of drug-likeness (QED) is 0.376. The maximum atomic E-state index is 6.08. The topological polar surface area (TPSA) is 91.7 Å². The van der Waals surface area contributed by atoms with E-state index in [2.05, 4.69) is 24.8 Å². The molecule has 9 heteroatoms. The minimum atomic E-state index is 0.436. The van der Waals surface area contributed by atoms with E-state index in [1.807, 2.05) is 30.3 Å². The normalized spacial score (nSPS) is 14.5. The number of methoxy groups -OCH3 is 1. The molecule has 4 aromatic rings. The van der Waals surface area contributed by atoms with Crippen molar-refractivity contribution in [2.75, 3.05) is 46.6 Å². The Balaban J connectivity index is 1.33. The molecule has 0 unspecified atom stereocenters. The summed E-state index contributed by atoms with van der Waals surface area (Å²) in [5, 5.41) is 1.67. The lowest BCUT2D eigenvalue weighted by molar-refractivity contribution is 0.0357. The Morgan fingerprint density at radius 3 is 2.73 bits per heavy atom. The van der Waals surface area contributed by atoms with E-state index >= 15 is 0 Å². The molecule has 0 saturated carbocycles. The summed E-state index contributed by atoms with van der Waals surface area (Å²) in [5.41, 5.74) is 1.51. The van der Waals surface area contributed by atoms with Gasteiger partial charge in [0.05, 0.1) is 43.4 Å². The van der Waals surface area contributed by atoms with Gasteiger partial charge in [-0.1, -0.05) is 0 Å². The molecule has 0 radical (unpaired) electrons. The Bertz CT molecular complexity index is 1250. The van der Waals surface area contributed by atoms with Crippen LogP contribution in [0.25, 0.3) is 21.8 Å². The van der Waals surface area contributed by atoms with Gasteiger partial charge < -0.3 is 18.9 Å². The largest absolute Gasteiger partial charge is 0.493 e. The average molecular weight is 447 g/mol. The maximum Gasteiger partial charge on any atom is 0.230 e. The first-order valence-corrected chi connectivity index (χ1v) is 10.9. The van der Waals surface area contributed by atoms with E-state index in [0.717, 1.165) is 55.6 Å². The molecular weight excluding hydrogens is 422 g/mol. The van der Waals surface area contributed by atoms with Crippen molar-refractivity contribution in [3.8, 4) is 23.1 Å². The standard InChI is InChI=1S/C24H25N5O4/c1-30-22-12-19-21(13-23(22)32-8-2-5-29-6-9-31-10-7-29)27-16-28-24(19)33-18-4-3-17-14-25-15-26-20(17)11-18/h3-4,11-16H,2,5-10H2,1H3. The van der Waals surface area contributed by atoms with Crippen molar-refractivity contribution in [1.82, 2.24) is 24.8 Å². The molecule has 0 amide bonds. The van der Waals surface area contributed by atoms with Crippen molar-refractivity contribution in [1.29, 1.82) is 0 Å². The zero-order chi connectivity index (χ0) is 22.5. The number of nitrogens with zero attached hydrogens (tertiary/aromatic N) is 5. The monoisotopic (exact) mass is 447 g/mol. The zero-order valence-electron chi connectivity index (χ0n) is 18.4. The van der Waals surface area contributed by atoms with Crippen molar-refractivity contribution in [3.63, 3.8) is 0 Å². The minimum Gasteiger partial charge on any atom is -0.493 e. The number of hydrogen-bond acceptors (Lipinski definition) is 9. The molecule has 9 nitrogen and oxygen atoms in total. The molecule has 2 aromatic heterocycles. The highest BCUT2D eigenvalue weighted by molar-refractivity contribution is 5.87. The third-order valence-corrected chi connectivity index (χ3v) is 5.56. The number of benzene rings is 2. The van der Waals surface area contributed by atoms with E-state index in [-0.39, 0.29) is 0 Å². The van der Waals surface area contributed by atoms with Crippen molar-refractivity contribution in [2.45, 2.75) is 6.42 Å². The Hall–Kier alpha value is -3.56. The van der Waals surface area contributed by atoms with Gasteiger partial charge in [-0.2, -0.15) is 0 Å². The summed E-state index contributed by atoms with van der Waals surface area (Å²) in [5.74, 6) is 2.33. The average Bonchev–Trinajstić information content (AvgIpc) is 2.87. The molecule has 1 aliphatic heterocycles. The second-order valence-electron chi connectivity index (χ2n) is 7.70. The highest BCUT2D eigenvalue weighted by atomic mass is 16.5. The van der Waals surface area contributed by atoms with Gasteiger partial charge in [-0.25, -0.2) is 19.9 Å². The molecule has 0 atom stereocenters. The molecule has 1 fully saturated rings. The van der Waals surface area contributed by atoms with Gasteiger partial charge in [0.1, 0.15) is 18.4 Å². The molecule has 5 rings (SSSR count). The summed E-state index contributed by atoms with van der Waals surface area (Å²) in [6.45, 7) is 5.13. The van der Waals surface area contributed by atoms with Gasteiger partial charge in [0.2, 0.25) is 5.88 Å². The number of rotatable bonds is 8. The summed E-state index contributed by atoms with van der Waals surface area (Å²) in [6.07, 6.45) is 5.68. The third kappa shape index (κ3) is 4.94. The van der Waals surface area contributed by atoms with Crippen LogP contribution in [0.2, 0.25) is 0 Å². The fraction of sp³-hybridized carbons (Fsp3) is 0.333. The van der Waals surface area contributed by atoms with Gasteiger partial charge in [0, 0.05) is 43.4 Å². The maximum absolute atomic E-state index is 6.08. The van der Waals surface area contributed by atoms with E-state index in [9.17, 15) is 0 Å². The van der Waals surface area contributed by atoms with Gasteiger partial charge >= 0.3 is 0 Å². The number of ether oxygens (including phenoxy) is 4. The Labute approximate surface area is 191 Å². The van der Waals surface area contributed by atoms with Gasteiger partial charge in [0.25, 0.3) is 0 Å². The summed E-state index contributed by atoms with van der Waals surface area (Å²) in [6, 6.07) is 9.35. The molecule has 0 aliphatic carbocycles. The lowest BCUT2D eigenvalue weighted by Gasteiger charge is -2.26. The molecule has 170 valence electrons. The molecule has 1 aliphatic rings. The fourth-order valence-electron chi connectivity index (χ4n) is 3.82. The summed E-state index contributed by atoms with van der Waals surface area (Å²) in [4.78, 5) is 19.4. The van der Waals surface area contributed by atoms with E-state index in [0.29, 0.717) is 35.3 Å². The Kier molecular flexibility index (Phi) is 6.41. The summed E-state index contributed by atoms with van der Waals surface area (Å²) in [7, 11) is 1.62. The fourth-order valence-corrected chi connectivity index (χ4v) is 3.82. The molecule has 0 spiro atoms. The van der Waals surface area contributed by atoms with Crippen LogP contribution in [0.15, 0.2) is 49.2 Å². The lowest BCUT2D eigenvalue weighted by atomic mass is 10.2. The minimum absolute atomic E-state index is 0.436. The lowest BCUT2D eigenvalue weighted by Crippen LogP contribution is -2.37. The SMILES string of the molecule is COc1cc2c(Oc3ccc4cncnc4c3)ncnc2cc1OCCCN1CCOCC1. The van der Waals surface area contributed by atoms with Crippen LogP contribution < -0.4 is 14.2 Å². The van der Waals surface area contributed by atoms with Gasteiger partial charge in [0.15, 0.2) is 11.5 Å². The van der Waals surface area contributed by atoms with Crippen LogP contribution in [0, 0.1) is 0 Å². The first-order valence-electron chi connectivity index (χ1n) is 10.9. The van der Waals surface area contributed by atoms with E-state index < -0.39 is 0 Å². The van der Waals surface area contributed by atoms with Crippen LogP contribution in [0.1, 0.15) is 6.42 Å². The van der Waals surface area contributed by atoms with Crippen LogP contribution in [0.4, 0.5) is 0 Å². The second-order valence-corrected chi connectivity index (χ2v) is 7.70. The molecule has 3 heterocycles.